The number of nitrogens with one attached hydrogen (secondary N) is 1. The maximum Gasteiger partial charge on any atom is 0.249 e. The number of hydrogen-bond acceptors (Lipinski definition) is 3. The Morgan fingerprint density at radius 1 is 1.19 bits per heavy atom. The summed E-state index contributed by atoms with van der Waals surface area (Å²) in [5.41, 5.74) is 2.16. The van der Waals surface area contributed by atoms with E-state index in [0.29, 0.717) is 13.2 Å². The van der Waals surface area contributed by atoms with Crippen LogP contribution in [0.1, 0.15) is 70.5 Å². The van der Waals surface area contributed by atoms with Crippen molar-refractivity contribution in [2.24, 2.45) is 0 Å². The van der Waals surface area contributed by atoms with Crippen LogP contribution < -0.4 is 5.32 Å². The molecule has 1 aromatic carbocycles. The Hall–Kier alpha value is -1.88. The molecule has 0 spiro atoms. The fourth-order valence-corrected chi connectivity index (χ4v) is 3.80. The van der Waals surface area contributed by atoms with Crippen molar-refractivity contribution in [3.05, 3.63) is 30.1 Å². The van der Waals surface area contributed by atoms with Crippen LogP contribution in [0.25, 0.3) is 11.0 Å². The number of aromatic nitrogens is 2. The molecule has 5 nitrogen and oxygen atoms in total. The van der Waals surface area contributed by atoms with Crippen molar-refractivity contribution in [3.8, 4) is 0 Å². The summed E-state index contributed by atoms with van der Waals surface area (Å²) in [6, 6.07) is 8.24. The summed E-state index contributed by atoms with van der Waals surface area (Å²) in [6.07, 6.45) is 10.5. The van der Waals surface area contributed by atoms with Gasteiger partial charge in [-0.05, 0) is 31.4 Å². The lowest BCUT2D eigenvalue weighted by molar-refractivity contribution is -0.130. The number of carbonyl (C=O) groups excluding carboxylic acids is 1. The molecule has 1 atom stereocenters. The Balaban J connectivity index is 1.57. The van der Waals surface area contributed by atoms with E-state index in [-0.39, 0.29) is 12.0 Å². The summed E-state index contributed by atoms with van der Waals surface area (Å²) in [5.74, 6) is 0.926. The smallest absolute Gasteiger partial charge is 0.249 e. The van der Waals surface area contributed by atoms with E-state index in [2.05, 4.69) is 28.9 Å². The van der Waals surface area contributed by atoms with Crippen LogP contribution >= 0.6 is 0 Å². The summed E-state index contributed by atoms with van der Waals surface area (Å²) in [6.45, 7) is 4.36. The van der Waals surface area contributed by atoms with Gasteiger partial charge in [0.2, 0.25) is 5.91 Å². The van der Waals surface area contributed by atoms with Crippen LogP contribution in [0.5, 0.6) is 0 Å². The predicted octanol–water partition coefficient (Wildman–Crippen LogP) is 4.58. The summed E-state index contributed by atoms with van der Waals surface area (Å²) in [4.78, 5) is 17.0. The molecule has 1 saturated heterocycles. The molecule has 1 amide bonds. The maximum absolute atomic E-state index is 12.3. The van der Waals surface area contributed by atoms with Crippen molar-refractivity contribution in [2.45, 2.75) is 83.9 Å². The van der Waals surface area contributed by atoms with Crippen LogP contribution in [-0.2, 0) is 22.6 Å². The second-order valence-corrected chi connectivity index (χ2v) is 7.51. The van der Waals surface area contributed by atoms with Gasteiger partial charge in [0.1, 0.15) is 11.9 Å². The number of aryl methyl sites for hydroxylation is 1. The van der Waals surface area contributed by atoms with E-state index in [9.17, 15) is 4.79 Å². The number of rotatable bonds is 11. The molecule has 5 heteroatoms. The van der Waals surface area contributed by atoms with E-state index < -0.39 is 0 Å². The van der Waals surface area contributed by atoms with Gasteiger partial charge >= 0.3 is 0 Å². The van der Waals surface area contributed by atoms with E-state index in [4.69, 9.17) is 9.72 Å². The molecule has 148 valence electrons. The van der Waals surface area contributed by atoms with Crippen molar-refractivity contribution in [2.75, 3.05) is 6.61 Å². The lowest BCUT2D eigenvalue weighted by Crippen LogP contribution is -2.34. The third kappa shape index (κ3) is 5.55. The fourth-order valence-electron chi connectivity index (χ4n) is 3.80. The Kier molecular flexibility index (Phi) is 7.69. The molecule has 1 aliphatic heterocycles. The highest BCUT2D eigenvalue weighted by molar-refractivity contribution is 5.81. The Labute approximate surface area is 162 Å². The van der Waals surface area contributed by atoms with Crippen LogP contribution in [0, 0.1) is 0 Å². The average molecular weight is 372 g/mol. The summed E-state index contributed by atoms with van der Waals surface area (Å²) < 4.78 is 7.75. The first kappa shape index (κ1) is 19.9. The Morgan fingerprint density at radius 3 is 2.74 bits per heavy atom. The number of nitrogens with zero attached hydrogens (tertiary/aromatic N) is 2. The minimum absolute atomic E-state index is 0.0120. The highest BCUT2D eigenvalue weighted by atomic mass is 16.5. The van der Waals surface area contributed by atoms with Crippen molar-refractivity contribution in [3.63, 3.8) is 0 Å². The van der Waals surface area contributed by atoms with Gasteiger partial charge < -0.3 is 14.6 Å². The largest absolute Gasteiger partial charge is 0.368 e. The van der Waals surface area contributed by atoms with Gasteiger partial charge in [-0.1, -0.05) is 57.6 Å². The minimum atomic E-state index is -0.286. The molecule has 27 heavy (non-hydrogen) atoms. The molecule has 1 fully saturated rings. The van der Waals surface area contributed by atoms with Crippen molar-refractivity contribution in [1.29, 1.82) is 0 Å². The first-order chi connectivity index (χ1) is 13.3. The second kappa shape index (κ2) is 10.5. The minimum Gasteiger partial charge on any atom is -0.368 e. The zero-order chi connectivity index (χ0) is 18.9. The van der Waals surface area contributed by atoms with Crippen molar-refractivity contribution < 1.29 is 9.53 Å². The number of para-hydroxylation sites is 2. The maximum atomic E-state index is 12.3. The normalized spacial score (nSPS) is 16.9. The van der Waals surface area contributed by atoms with Gasteiger partial charge in [0.15, 0.2) is 0 Å². The second-order valence-electron chi connectivity index (χ2n) is 7.51. The number of benzene rings is 1. The molecule has 0 bridgehead atoms. The van der Waals surface area contributed by atoms with Crippen LogP contribution in [0.3, 0.4) is 0 Å². The molecule has 3 rings (SSSR count). The fraction of sp³-hybridized carbons (Fsp3) is 0.636. The Morgan fingerprint density at radius 2 is 1.96 bits per heavy atom. The van der Waals surface area contributed by atoms with E-state index >= 15 is 0 Å². The highest BCUT2D eigenvalue weighted by Crippen LogP contribution is 2.18. The van der Waals surface area contributed by atoms with Crippen molar-refractivity contribution >= 4 is 16.9 Å². The molecular weight excluding hydrogens is 338 g/mol. The molecule has 2 aromatic rings. The number of hydrogen-bond donors (Lipinski definition) is 1. The summed E-state index contributed by atoms with van der Waals surface area (Å²) >= 11 is 0. The van der Waals surface area contributed by atoms with Gasteiger partial charge in [-0.25, -0.2) is 4.98 Å². The molecule has 1 N–H and O–H groups in total. The van der Waals surface area contributed by atoms with E-state index in [1.165, 1.54) is 38.5 Å². The van der Waals surface area contributed by atoms with Gasteiger partial charge in [-0.2, -0.15) is 0 Å². The number of carbonyl (C=O) groups is 1. The van der Waals surface area contributed by atoms with Crippen molar-refractivity contribution in [1.82, 2.24) is 14.9 Å². The molecule has 1 unspecified atom stereocenters. The van der Waals surface area contributed by atoms with Crippen LogP contribution in [-0.4, -0.2) is 28.2 Å². The lowest BCUT2D eigenvalue weighted by Gasteiger charge is -2.12. The molecule has 1 aliphatic rings. The van der Waals surface area contributed by atoms with Crippen LogP contribution in [0.4, 0.5) is 0 Å². The molecule has 0 aliphatic carbocycles. The zero-order valence-corrected chi connectivity index (χ0v) is 16.6. The topological polar surface area (TPSA) is 56.2 Å². The van der Waals surface area contributed by atoms with E-state index in [1.807, 2.05) is 12.1 Å². The molecule has 0 radical (unpaired) electrons. The zero-order valence-electron chi connectivity index (χ0n) is 16.6. The highest BCUT2D eigenvalue weighted by Gasteiger charge is 2.23. The molecule has 1 aromatic heterocycles. The third-order valence-corrected chi connectivity index (χ3v) is 5.36. The molecule has 2 heterocycles. The van der Waals surface area contributed by atoms with E-state index in [0.717, 1.165) is 42.7 Å². The monoisotopic (exact) mass is 371 g/mol. The Bertz CT molecular complexity index is 719. The first-order valence-electron chi connectivity index (χ1n) is 10.6. The number of imidazole rings is 1. The third-order valence-electron chi connectivity index (χ3n) is 5.36. The number of ether oxygens (including phenoxy) is 1. The van der Waals surface area contributed by atoms with Crippen LogP contribution in [0.2, 0.25) is 0 Å². The number of amides is 1. The summed E-state index contributed by atoms with van der Waals surface area (Å²) in [5, 5.41) is 3.02. The van der Waals surface area contributed by atoms with Gasteiger partial charge in [0.25, 0.3) is 0 Å². The van der Waals surface area contributed by atoms with E-state index in [1.54, 1.807) is 0 Å². The van der Waals surface area contributed by atoms with Gasteiger partial charge in [0, 0.05) is 13.2 Å². The summed E-state index contributed by atoms with van der Waals surface area (Å²) in [7, 11) is 0. The lowest BCUT2D eigenvalue weighted by atomic mass is 10.1. The average Bonchev–Trinajstić information content (AvgIpc) is 3.34. The first-order valence-corrected chi connectivity index (χ1v) is 10.6. The van der Waals surface area contributed by atoms with Gasteiger partial charge in [-0.15, -0.1) is 0 Å². The number of unbranched alkanes of at least 4 members (excludes halogenated alkanes) is 6. The molecule has 0 saturated carbocycles. The van der Waals surface area contributed by atoms with Crippen LogP contribution in [0.15, 0.2) is 24.3 Å². The van der Waals surface area contributed by atoms with Gasteiger partial charge in [-0.3, -0.25) is 4.79 Å². The quantitative estimate of drug-likeness (QED) is 0.588. The standard InChI is InChI=1S/C22H33N3O2/c1-2-3-4-5-6-7-10-15-25-19-13-9-8-12-18(19)24-21(25)17-23-22(26)20-14-11-16-27-20/h8-9,12-13,20H,2-7,10-11,14-17H2,1H3,(H,23,26). The molecular formula is C22H33N3O2. The SMILES string of the molecule is CCCCCCCCCn1c(CNC(=O)C2CCCO2)nc2ccccc21. The number of fused-ring (bicyclic) bond motifs is 1. The predicted molar refractivity (Wildman–Crippen MR) is 109 cm³/mol. The van der Waals surface area contributed by atoms with Gasteiger partial charge in [0.05, 0.1) is 17.6 Å².